The molecule has 1 spiro atoms. The molecule has 1 aliphatic carbocycles. The average molecular weight is 325 g/mol. The average Bonchev–Trinajstić information content (AvgIpc) is 2.67. The second kappa shape index (κ2) is 7.15. The van der Waals surface area contributed by atoms with Crippen molar-refractivity contribution in [2.75, 3.05) is 59.6 Å². The first-order valence-electron chi connectivity index (χ1n) is 8.55. The molecule has 2 heterocycles. The molecule has 1 N–H and O–H groups in total. The highest BCUT2D eigenvalue weighted by atomic mass is 16.5. The van der Waals surface area contributed by atoms with E-state index in [2.05, 4.69) is 10.2 Å². The first kappa shape index (κ1) is 16.7. The van der Waals surface area contributed by atoms with Gasteiger partial charge in [-0.2, -0.15) is 0 Å². The maximum absolute atomic E-state index is 12.5. The van der Waals surface area contributed by atoms with Crippen LogP contribution in [0.4, 0.5) is 0 Å². The van der Waals surface area contributed by atoms with Crippen molar-refractivity contribution in [2.45, 2.75) is 24.9 Å². The Hall–Kier alpha value is -1.18. The van der Waals surface area contributed by atoms with Crippen LogP contribution in [0.2, 0.25) is 0 Å². The summed E-state index contributed by atoms with van der Waals surface area (Å²) in [6.07, 6.45) is 3.19. The summed E-state index contributed by atoms with van der Waals surface area (Å²) in [7, 11) is 1.64. The topological polar surface area (TPSA) is 71.1 Å². The minimum Gasteiger partial charge on any atom is -0.377 e. The van der Waals surface area contributed by atoms with E-state index in [1.54, 1.807) is 7.05 Å². The van der Waals surface area contributed by atoms with Gasteiger partial charge in [0.2, 0.25) is 11.8 Å². The lowest BCUT2D eigenvalue weighted by atomic mass is 9.84. The van der Waals surface area contributed by atoms with Gasteiger partial charge in [-0.05, 0) is 12.8 Å². The molecule has 23 heavy (non-hydrogen) atoms. The maximum Gasteiger partial charge on any atom is 0.233 e. The van der Waals surface area contributed by atoms with Gasteiger partial charge in [0.15, 0.2) is 0 Å². The second-order valence-corrected chi connectivity index (χ2v) is 6.86. The molecule has 0 aromatic carbocycles. The summed E-state index contributed by atoms with van der Waals surface area (Å²) in [6.45, 7) is 4.48. The fourth-order valence-corrected chi connectivity index (χ4v) is 3.53. The van der Waals surface area contributed by atoms with Crippen LogP contribution in [-0.4, -0.2) is 86.8 Å². The number of carbonyl (C=O) groups is 2. The lowest BCUT2D eigenvalue weighted by molar-refractivity contribution is -0.166. The zero-order chi connectivity index (χ0) is 16.3. The Bertz CT molecular complexity index is 455. The van der Waals surface area contributed by atoms with Gasteiger partial charge in [-0.3, -0.25) is 14.5 Å². The quantitative estimate of drug-likeness (QED) is 0.755. The number of morpholine rings is 1. The fourth-order valence-electron chi connectivity index (χ4n) is 3.53. The van der Waals surface area contributed by atoms with Crippen LogP contribution in [0.25, 0.3) is 0 Å². The van der Waals surface area contributed by atoms with E-state index in [4.69, 9.17) is 9.47 Å². The normalized spacial score (nSPS) is 29.9. The molecule has 2 saturated heterocycles. The van der Waals surface area contributed by atoms with Crippen molar-refractivity contribution in [1.82, 2.24) is 15.1 Å². The van der Waals surface area contributed by atoms with Crippen molar-refractivity contribution >= 4 is 11.8 Å². The molecule has 0 bridgehead atoms. The number of nitrogens with zero attached hydrogens (tertiary/aromatic N) is 2. The molecule has 0 radical (unpaired) electrons. The minimum absolute atomic E-state index is 0.0136. The Morgan fingerprint density at radius 1 is 1.22 bits per heavy atom. The number of amides is 2. The number of nitrogens with one attached hydrogen (secondary N) is 1. The summed E-state index contributed by atoms with van der Waals surface area (Å²) < 4.78 is 11.8. The minimum atomic E-state index is -0.512. The standard InChI is InChI=1S/C16H27N3O4/c1-17-14(20)9-18-5-7-22-12-16(10-18)11-19(6-8-23-16)15(21)13-3-2-4-13/h13H,2-12H2,1H3,(H,17,20). The Balaban J connectivity index is 1.65. The number of hydrogen-bond donors (Lipinski definition) is 1. The molecule has 3 rings (SSSR count). The van der Waals surface area contributed by atoms with Gasteiger partial charge in [0.25, 0.3) is 0 Å². The van der Waals surface area contributed by atoms with Crippen LogP contribution in [0.3, 0.4) is 0 Å². The Kier molecular flexibility index (Phi) is 5.18. The molecule has 1 unspecified atom stereocenters. The van der Waals surface area contributed by atoms with E-state index in [9.17, 15) is 9.59 Å². The summed E-state index contributed by atoms with van der Waals surface area (Å²) in [4.78, 5) is 28.2. The van der Waals surface area contributed by atoms with E-state index < -0.39 is 5.60 Å². The molecule has 3 aliphatic rings. The zero-order valence-corrected chi connectivity index (χ0v) is 13.9. The smallest absolute Gasteiger partial charge is 0.233 e. The van der Waals surface area contributed by atoms with E-state index in [1.807, 2.05) is 4.90 Å². The van der Waals surface area contributed by atoms with E-state index in [-0.39, 0.29) is 17.7 Å². The summed E-state index contributed by atoms with van der Waals surface area (Å²) >= 11 is 0. The number of carbonyl (C=O) groups excluding carboxylic acids is 2. The number of hydrogen-bond acceptors (Lipinski definition) is 5. The monoisotopic (exact) mass is 325 g/mol. The Morgan fingerprint density at radius 2 is 2.04 bits per heavy atom. The molecule has 3 fully saturated rings. The van der Waals surface area contributed by atoms with E-state index in [1.165, 1.54) is 0 Å². The first-order valence-corrected chi connectivity index (χ1v) is 8.55. The van der Waals surface area contributed by atoms with Gasteiger partial charge in [-0.15, -0.1) is 0 Å². The summed E-state index contributed by atoms with van der Waals surface area (Å²) in [6, 6.07) is 0. The molecule has 2 amide bonds. The zero-order valence-electron chi connectivity index (χ0n) is 13.9. The first-order chi connectivity index (χ1) is 11.1. The van der Waals surface area contributed by atoms with E-state index in [0.29, 0.717) is 52.5 Å². The van der Waals surface area contributed by atoms with Crippen molar-refractivity contribution in [3.63, 3.8) is 0 Å². The van der Waals surface area contributed by atoms with Crippen molar-refractivity contribution < 1.29 is 19.1 Å². The predicted octanol–water partition coefficient (Wildman–Crippen LogP) is -0.538. The maximum atomic E-state index is 12.5. The van der Waals surface area contributed by atoms with Gasteiger partial charge in [-0.1, -0.05) is 6.42 Å². The second-order valence-electron chi connectivity index (χ2n) is 6.86. The predicted molar refractivity (Wildman–Crippen MR) is 83.9 cm³/mol. The van der Waals surface area contributed by atoms with Gasteiger partial charge in [-0.25, -0.2) is 0 Å². The molecule has 2 aliphatic heterocycles. The number of rotatable bonds is 3. The van der Waals surface area contributed by atoms with Gasteiger partial charge in [0.1, 0.15) is 5.60 Å². The van der Waals surface area contributed by atoms with Crippen molar-refractivity contribution in [3.05, 3.63) is 0 Å². The molecule has 7 heteroatoms. The van der Waals surface area contributed by atoms with Crippen molar-refractivity contribution in [3.8, 4) is 0 Å². The number of ether oxygens (including phenoxy) is 2. The fraction of sp³-hybridized carbons (Fsp3) is 0.875. The largest absolute Gasteiger partial charge is 0.377 e. The van der Waals surface area contributed by atoms with E-state index in [0.717, 1.165) is 19.3 Å². The highest BCUT2D eigenvalue weighted by molar-refractivity contribution is 5.80. The molecular formula is C16H27N3O4. The van der Waals surface area contributed by atoms with Crippen LogP contribution in [0.15, 0.2) is 0 Å². The Morgan fingerprint density at radius 3 is 2.74 bits per heavy atom. The lowest BCUT2D eigenvalue weighted by Crippen LogP contribution is -2.61. The third kappa shape index (κ3) is 3.84. The van der Waals surface area contributed by atoms with Crippen LogP contribution in [0.1, 0.15) is 19.3 Å². The molecular weight excluding hydrogens is 298 g/mol. The Labute approximate surface area is 137 Å². The third-order valence-electron chi connectivity index (χ3n) is 5.09. The van der Waals surface area contributed by atoms with Crippen LogP contribution < -0.4 is 5.32 Å². The molecule has 0 aromatic heterocycles. The van der Waals surface area contributed by atoms with Gasteiger partial charge < -0.3 is 19.7 Å². The van der Waals surface area contributed by atoms with E-state index >= 15 is 0 Å². The summed E-state index contributed by atoms with van der Waals surface area (Å²) in [5.74, 6) is 0.458. The summed E-state index contributed by atoms with van der Waals surface area (Å²) in [5, 5.41) is 2.65. The van der Waals surface area contributed by atoms with Gasteiger partial charge >= 0.3 is 0 Å². The molecule has 7 nitrogen and oxygen atoms in total. The number of likely N-dealkylation sites (N-methyl/N-ethyl adjacent to an activating group) is 1. The van der Waals surface area contributed by atoms with Crippen LogP contribution in [0.5, 0.6) is 0 Å². The van der Waals surface area contributed by atoms with Crippen LogP contribution in [-0.2, 0) is 19.1 Å². The van der Waals surface area contributed by atoms with Crippen LogP contribution >= 0.6 is 0 Å². The van der Waals surface area contributed by atoms with Gasteiger partial charge in [0.05, 0.1) is 32.9 Å². The van der Waals surface area contributed by atoms with Crippen molar-refractivity contribution in [1.29, 1.82) is 0 Å². The highest BCUT2D eigenvalue weighted by Gasteiger charge is 2.43. The molecule has 130 valence electrons. The highest BCUT2D eigenvalue weighted by Crippen LogP contribution is 2.30. The van der Waals surface area contributed by atoms with Crippen molar-refractivity contribution in [2.24, 2.45) is 5.92 Å². The molecule has 1 atom stereocenters. The third-order valence-corrected chi connectivity index (χ3v) is 5.09. The molecule has 1 saturated carbocycles. The SMILES string of the molecule is CNC(=O)CN1CCOCC2(C1)CN(C(=O)C1CCC1)CCO2. The lowest BCUT2D eigenvalue weighted by Gasteiger charge is -2.44. The van der Waals surface area contributed by atoms with Gasteiger partial charge in [0, 0.05) is 32.6 Å². The van der Waals surface area contributed by atoms with Crippen LogP contribution in [0, 0.1) is 5.92 Å². The summed E-state index contributed by atoms with van der Waals surface area (Å²) in [5.41, 5.74) is -0.512. The molecule has 0 aromatic rings.